The van der Waals surface area contributed by atoms with Crippen LogP contribution in [-0.2, 0) is 4.74 Å². The summed E-state index contributed by atoms with van der Waals surface area (Å²) in [4.78, 5) is 0. The van der Waals surface area contributed by atoms with Gasteiger partial charge in [0.05, 0.1) is 17.9 Å². The minimum Gasteiger partial charge on any atom is -0.468 e. The molecular weight excluding hydrogens is 178 g/mol. The zero-order valence-electron chi connectivity index (χ0n) is 9.33. The van der Waals surface area contributed by atoms with Crippen LogP contribution in [0.25, 0.3) is 0 Å². The SMILES string of the molecule is CNC(CC(C)(C)OC)c1ccco1. The van der Waals surface area contributed by atoms with Crippen molar-refractivity contribution in [1.82, 2.24) is 5.32 Å². The smallest absolute Gasteiger partial charge is 0.120 e. The molecule has 0 aliphatic heterocycles. The van der Waals surface area contributed by atoms with Crippen molar-refractivity contribution in [3.05, 3.63) is 24.2 Å². The zero-order chi connectivity index (χ0) is 10.6. The van der Waals surface area contributed by atoms with E-state index in [1.54, 1.807) is 13.4 Å². The number of furan rings is 1. The lowest BCUT2D eigenvalue weighted by Crippen LogP contribution is -2.30. The Bertz CT molecular complexity index is 254. The predicted molar refractivity (Wildman–Crippen MR) is 56.2 cm³/mol. The van der Waals surface area contributed by atoms with Gasteiger partial charge in [0, 0.05) is 7.11 Å². The number of hydrogen-bond donors (Lipinski definition) is 1. The Morgan fingerprint density at radius 1 is 1.57 bits per heavy atom. The summed E-state index contributed by atoms with van der Waals surface area (Å²) in [5.74, 6) is 0.956. The van der Waals surface area contributed by atoms with Crippen LogP contribution in [0.15, 0.2) is 22.8 Å². The van der Waals surface area contributed by atoms with Gasteiger partial charge in [-0.3, -0.25) is 0 Å². The molecule has 0 aromatic carbocycles. The highest BCUT2D eigenvalue weighted by atomic mass is 16.5. The standard InChI is InChI=1S/C11H19NO2/c1-11(2,13-4)8-9(12-3)10-6-5-7-14-10/h5-7,9,12H,8H2,1-4H3. The second kappa shape index (κ2) is 4.62. The molecule has 0 bridgehead atoms. The molecule has 1 heterocycles. The molecular formula is C11H19NO2. The summed E-state index contributed by atoms with van der Waals surface area (Å²) in [7, 11) is 3.66. The van der Waals surface area contributed by atoms with Crippen LogP contribution in [-0.4, -0.2) is 19.8 Å². The summed E-state index contributed by atoms with van der Waals surface area (Å²) in [6, 6.07) is 4.09. The summed E-state index contributed by atoms with van der Waals surface area (Å²) < 4.78 is 10.7. The van der Waals surface area contributed by atoms with Gasteiger partial charge < -0.3 is 14.5 Å². The van der Waals surface area contributed by atoms with Crippen molar-refractivity contribution < 1.29 is 9.15 Å². The molecule has 3 heteroatoms. The summed E-state index contributed by atoms with van der Waals surface area (Å²) in [6.45, 7) is 4.14. The molecule has 0 aliphatic carbocycles. The van der Waals surface area contributed by atoms with Gasteiger partial charge in [0.1, 0.15) is 5.76 Å². The summed E-state index contributed by atoms with van der Waals surface area (Å²) in [6.07, 6.45) is 2.58. The molecule has 1 rings (SSSR count). The molecule has 0 radical (unpaired) electrons. The van der Waals surface area contributed by atoms with Crippen LogP contribution in [0.5, 0.6) is 0 Å². The quantitative estimate of drug-likeness (QED) is 0.786. The number of rotatable bonds is 5. The average Bonchev–Trinajstić information content (AvgIpc) is 2.67. The monoisotopic (exact) mass is 197 g/mol. The third-order valence-electron chi connectivity index (χ3n) is 2.48. The fraction of sp³-hybridized carbons (Fsp3) is 0.636. The van der Waals surface area contributed by atoms with E-state index >= 15 is 0 Å². The zero-order valence-corrected chi connectivity index (χ0v) is 9.33. The minimum atomic E-state index is -0.138. The van der Waals surface area contributed by atoms with E-state index in [1.807, 2.05) is 19.2 Å². The summed E-state index contributed by atoms with van der Waals surface area (Å²) >= 11 is 0. The Labute approximate surface area is 85.4 Å². The lowest BCUT2D eigenvalue weighted by Gasteiger charge is -2.27. The first-order valence-corrected chi connectivity index (χ1v) is 4.85. The van der Waals surface area contributed by atoms with Crippen molar-refractivity contribution in [2.45, 2.75) is 31.9 Å². The Morgan fingerprint density at radius 3 is 2.71 bits per heavy atom. The maximum Gasteiger partial charge on any atom is 0.120 e. The van der Waals surface area contributed by atoms with Crippen molar-refractivity contribution in [1.29, 1.82) is 0 Å². The molecule has 0 amide bonds. The van der Waals surface area contributed by atoms with Gasteiger partial charge >= 0.3 is 0 Å². The number of methoxy groups -OCH3 is 1. The molecule has 1 aromatic rings. The van der Waals surface area contributed by atoms with E-state index in [4.69, 9.17) is 9.15 Å². The fourth-order valence-electron chi connectivity index (χ4n) is 1.41. The maximum atomic E-state index is 5.39. The molecule has 1 aromatic heterocycles. The van der Waals surface area contributed by atoms with Crippen LogP contribution in [0.3, 0.4) is 0 Å². The minimum absolute atomic E-state index is 0.138. The second-order valence-corrected chi connectivity index (χ2v) is 4.02. The van der Waals surface area contributed by atoms with Crippen LogP contribution in [0.2, 0.25) is 0 Å². The van der Waals surface area contributed by atoms with Crippen LogP contribution < -0.4 is 5.32 Å². The van der Waals surface area contributed by atoms with Gasteiger partial charge in [-0.2, -0.15) is 0 Å². The molecule has 14 heavy (non-hydrogen) atoms. The second-order valence-electron chi connectivity index (χ2n) is 4.02. The van der Waals surface area contributed by atoms with E-state index in [-0.39, 0.29) is 11.6 Å². The molecule has 3 nitrogen and oxygen atoms in total. The van der Waals surface area contributed by atoms with Gasteiger partial charge in [0.25, 0.3) is 0 Å². The van der Waals surface area contributed by atoms with Crippen LogP contribution >= 0.6 is 0 Å². The lowest BCUT2D eigenvalue weighted by molar-refractivity contribution is 0.00569. The van der Waals surface area contributed by atoms with E-state index in [2.05, 4.69) is 19.2 Å². The first kappa shape index (κ1) is 11.3. The Kier molecular flexibility index (Phi) is 3.72. The molecule has 1 unspecified atom stereocenters. The van der Waals surface area contributed by atoms with E-state index in [1.165, 1.54) is 0 Å². The first-order valence-electron chi connectivity index (χ1n) is 4.85. The molecule has 80 valence electrons. The highest BCUT2D eigenvalue weighted by Crippen LogP contribution is 2.25. The van der Waals surface area contributed by atoms with Crippen LogP contribution in [0.4, 0.5) is 0 Å². The highest BCUT2D eigenvalue weighted by molar-refractivity contribution is 5.05. The summed E-state index contributed by atoms with van der Waals surface area (Å²) in [5.41, 5.74) is -0.138. The van der Waals surface area contributed by atoms with Crippen LogP contribution in [0.1, 0.15) is 32.1 Å². The van der Waals surface area contributed by atoms with Gasteiger partial charge in [0.2, 0.25) is 0 Å². The average molecular weight is 197 g/mol. The van der Waals surface area contributed by atoms with Crippen molar-refractivity contribution in [2.75, 3.05) is 14.2 Å². The molecule has 1 atom stereocenters. The van der Waals surface area contributed by atoms with Gasteiger partial charge in [-0.1, -0.05) is 0 Å². The number of ether oxygens (including phenoxy) is 1. The molecule has 0 aliphatic rings. The molecule has 0 saturated carbocycles. The third kappa shape index (κ3) is 2.86. The Morgan fingerprint density at radius 2 is 2.29 bits per heavy atom. The van der Waals surface area contributed by atoms with E-state index in [9.17, 15) is 0 Å². The Balaban J connectivity index is 2.65. The topological polar surface area (TPSA) is 34.4 Å². The van der Waals surface area contributed by atoms with E-state index in [0.717, 1.165) is 12.2 Å². The molecule has 0 saturated heterocycles. The van der Waals surface area contributed by atoms with Crippen molar-refractivity contribution >= 4 is 0 Å². The van der Waals surface area contributed by atoms with Crippen molar-refractivity contribution in [3.8, 4) is 0 Å². The number of hydrogen-bond acceptors (Lipinski definition) is 3. The van der Waals surface area contributed by atoms with Gasteiger partial charge in [-0.15, -0.1) is 0 Å². The summed E-state index contributed by atoms with van der Waals surface area (Å²) in [5, 5.41) is 3.22. The predicted octanol–water partition coefficient (Wildman–Crippen LogP) is 2.36. The van der Waals surface area contributed by atoms with Crippen molar-refractivity contribution in [3.63, 3.8) is 0 Å². The van der Waals surface area contributed by atoms with Gasteiger partial charge in [-0.05, 0) is 39.4 Å². The van der Waals surface area contributed by atoms with Gasteiger partial charge in [0.15, 0.2) is 0 Å². The normalized spacial score (nSPS) is 14.3. The fourth-order valence-corrected chi connectivity index (χ4v) is 1.41. The van der Waals surface area contributed by atoms with Crippen molar-refractivity contribution in [2.24, 2.45) is 0 Å². The maximum absolute atomic E-state index is 5.39. The Hall–Kier alpha value is -0.800. The number of nitrogens with one attached hydrogen (secondary N) is 1. The molecule has 0 spiro atoms. The molecule has 1 N–H and O–H groups in total. The lowest BCUT2D eigenvalue weighted by atomic mass is 9.97. The van der Waals surface area contributed by atoms with Crippen LogP contribution in [0, 0.1) is 0 Å². The van der Waals surface area contributed by atoms with E-state index < -0.39 is 0 Å². The molecule has 0 fully saturated rings. The first-order chi connectivity index (χ1) is 6.59. The highest BCUT2D eigenvalue weighted by Gasteiger charge is 2.24. The van der Waals surface area contributed by atoms with E-state index in [0.29, 0.717) is 0 Å². The third-order valence-corrected chi connectivity index (χ3v) is 2.48. The largest absolute Gasteiger partial charge is 0.468 e. The van der Waals surface area contributed by atoms with Gasteiger partial charge in [-0.25, -0.2) is 0 Å².